The van der Waals surface area contributed by atoms with Gasteiger partial charge in [0, 0.05) is 37.8 Å². The van der Waals surface area contributed by atoms with Gasteiger partial charge in [0.1, 0.15) is 12.0 Å². The second kappa shape index (κ2) is 10.4. The number of hydrogen-bond donors (Lipinski definition) is 1. The van der Waals surface area contributed by atoms with E-state index in [1.807, 2.05) is 12.1 Å². The van der Waals surface area contributed by atoms with E-state index in [1.54, 1.807) is 19.2 Å². The van der Waals surface area contributed by atoms with Crippen molar-refractivity contribution in [3.05, 3.63) is 61.6 Å². The Balaban J connectivity index is 1.66. The van der Waals surface area contributed by atoms with E-state index in [1.165, 1.54) is 15.3 Å². The summed E-state index contributed by atoms with van der Waals surface area (Å²) in [5.41, 5.74) is 0.856. The average molecular weight is 463 g/mol. The highest BCUT2D eigenvalue weighted by Crippen LogP contribution is 2.22. The highest BCUT2D eigenvalue weighted by atomic mass is 35.5. The van der Waals surface area contributed by atoms with E-state index in [4.69, 9.17) is 25.8 Å². The van der Waals surface area contributed by atoms with Crippen LogP contribution < -0.4 is 15.9 Å². The molecule has 0 saturated carbocycles. The van der Waals surface area contributed by atoms with Crippen LogP contribution in [0.2, 0.25) is 5.02 Å². The zero-order valence-corrected chi connectivity index (χ0v) is 18.8. The number of rotatable bonds is 9. The van der Waals surface area contributed by atoms with Crippen LogP contribution in [-0.4, -0.2) is 65.8 Å². The Labute approximate surface area is 190 Å². The largest absolute Gasteiger partial charge is 0.473 e. The van der Waals surface area contributed by atoms with Crippen molar-refractivity contribution >= 4 is 22.5 Å². The van der Waals surface area contributed by atoms with Gasteiger partial charge in [-0.25, -0.2) is 0 Å². The molecule has 172 valence electrons. The molecular weight excluding hydrogens is 436 g/mol. The number of pyridine rings is 1. The van der Waals surface area contributed by atoms with Crippen LogP contribution in [0.25, 0.3) is 10.9 Å². The summed E-state index contributed by atoms with van der Waals surface area (Å²) >= 11 is 5.96. The van der Waals surface area contributed by atoms with Gasteiger partial charge < -0.3 is 14.2 Å². The van der Waals surface area contributed by atoms with Crippen LogP contribution in [0.1, 0.15) is 5.56 Å². The summed E-state index contributed by atoms with van der Waals surface area (Å²) in [6, 6.07) is 8.67. The molecule has 10 heteroatoms. The molecule has 0 aliphatic carbocycles. The van der Waals surface area contributed by atoms with Gasteiger partial charge in [-0.2, -0.15) is 0 Å². The maximum absolute atomic E-state index is 13.3. The van der Waals surface area contributed by atoms with Gasteiger partial charge in [-0.3, -0.25) is 28.8 Å². The fraction of sp³-hybridized carbons (Fsp3) is 0.455. The summed E-state index contributed by atoms with van der Waals surface area (Å²) in [4.78, 5) is 28.3. The number of fused-ring (bicyclic) bond motifs is 1. The lowest BCUT2D eigenvalue weighted by Gasteiger charge is -2.26. The van der Waals surface area contributed by atoms with Crippen molar-refractivity contribution < 1.29 is 14.2 Å². The first kappa shape index (κ1) is 22.6. The Bertz CT molecular complexity index is 1160. The van der Waals surface area contributed by atoms with E-state index in [0.717, 1.165) is 18.7 Å². The fourth-order valence-corrected chi connectivity index (χ4v) is 3.88. The summed E-state index contributed by atoms with van der Waals surface area (Å²) in [7, 11) is 1.56. The molecule has 2 aromatic heterocycles. The lowest BCUT2D eigenvalue weighted by Crippen LogP contribution is -2.39. The predicted octanol–water partition coefficient (Wildman–Crippen LogP) is 1.70. The zero-order chi connectivity index (χ0) is 22.5. The molecular formula is C22H27ClN4O5. The molecule has 4 rings (SSSR count). The van der Waals surface area contributed by atoms with E-state index >= 15 is 0 Å². The molecule has 9 nitrogen and oxygen atoms in total. The average Bonchev–Trinajstić information content (AvgIpc) is 3.11. The van der Waals surface area contributed by atoms with Crippen molar-refractivity contribution in [2.24, 2.45) is 0 Å². The molecule has 1 saturated heterocycles. The van der Waals surface area contributed by atoms with Crippen molar-refractivity contribution in [3.63, 3.8) is 0 Å². The minimum absolute atomic E-state index is 0.196. The maximum atomic E-state index is 13.3. The molecule has 3 heterocycles. The number of hydrogen-bond acceptors (Lipinski definition) is 6. The number of H-pyrrole nitrogens is 1. The van der Waals surface area contributed by atoms with Gasteiger partial charge >= 0.3 is 0 Å². The summed E-state index contributed by atoms with van der Waals surface area (Å²) in [6.45, 7) is 5.06. The van der Waals surface area contributed by atoms with E-state index in [2.05, 4.69) is 10.00 Å². The number of halogens is 1. The SMILES string of the molecule is COCCn1c(OCc2ccc(Cl)cc2)c2c(=O)n(CCN3CCOCC3)[nH]c2cc1=O. The highest BCUT2D eigenvalue weighted by molar-refractivity contribution is 6.30. The number of ether oxygens (including phenoxy) is 3. The van der Waals surface area contributed by atoms with E-state index in [0.29, 0.717) is 48.8 Å². The first-order chi connectivity index (χ1) is 15.6. The number of nitrogens with one attached hydrogen (secondary N) is 1. The minimum Gasteiger partial charge on any atom is -0.473 e. The maximum Gasteiger partial charge on any atom is 0.279 e. The molecule has 0 amide bonds. The van der Waals surface area contributed by atoms with Crippen molar-refractivity contribution in [2.75, 3.05) is 46.6 Å². The van der Waals surface area contributed by atoms with Crippen LogP contribution in [0.4, 0.5) is 0 Å². The van der Waals surface area contributed by atoms with Gasteiger partial charge in [-0.05, 0) is 17.7 Å². The van der Waals surface area contributed by atoms with E-state index in [-0.39, 0.29) is 30.2 Å². The molecule has 0 atom stereocenters. The third-order valence-electron chi connectivity index (χ3n) is 5.53. The van der Waals surface area contributed by atoms with Crippen LogP contribution in [0.5, 0.6) is 5.88 Å². The molecule has 1 N–H and O–H groups in total. The number of aromatic amines is 1. The van der Waals surface area contributed by atoms with Crippen molar-refractivity contribution in [1.29, 1.82) is 0 Å². The topological polar surface area (TPSA) is 90.7 Å². The number of benzene rings is 1. The quantitative estimate of drug-likeness (QED) is 0.520. The normalized spacial score (nSPS) is 14.8. The smallest absolute Gasteiger partial charge is 0.279 e. The molecule has 0 spiro atoms. The van der Waals surface area contributed by atoms with Crippen LogP contribution in [0.3, 0.4) is 0 Å². The molecule has 32 heavy (non-hydrogen) atoms. The Morgan fingerprint density at radius 2 is 1.84 bits per heavy atom. The molecule has 0 bridgehead atoms. The number of nitrogens with zero attached hydrogens (tertiary/aromatic N) is 3. The predicted molar refractivity (Wildman–Crippen MR) is 122 cm³/mol. The monoisotopic (exact) mass is 462 g/mol. The molecule has 1 aliphatic heterocycles. The minimum atomic E-state index is -0.262. The number of morpholine rings is 1. The lowest BCUT2D eigenvalue weighted by molar-refractivity contribution is 0.0359. The van der Waals surface area contributed by atoms with Gasteiger partial charge in [0.05, 0.1) is 38.4 Å². The van der Waals surface area contributed by atoms with Gasteiger partial charge in [0.15, 0.2) is 0 Å². The van der Waals surface area contributed by atoms with Gasteiger partial charge in [-0.1, -0.05) is 23.7 Å². The van der Waals surface area contributed by atoms with Crippen molar-refractivity contribution in [3.8, 4) is 5.88 Å². The molecule has 0 unspecified atom stereocenters. The van der Waals surface area contributed by atoms with Gasteiger partial charge in [0.25, 0.3) is 11.1 Å². The summed E-state index contributed by atoms with van der Waals surface area (Å²) in [5.74, 6) is 0.242. The van der Waals surface area contributed by atoms with Crippen LogP contribution in [0, 0.1) is 0 Å². The Kier molecular flexibility index (Phi) is 7.31. The summed E-state index contributed by atoms with van der Waals surface area (Å²) < 4.78 is 19.6. The number of aromatic nitrogens is 3. The molecule has 1 aromatic carbocycles. The summed E-state index contributed by atoms with van der Waals surface area (Å²) in [6.07, 6.45) is 0. The van der Waals surface area contributed by atoms with Crippen LogP contribution in [0.15, 0.2) is 39.9 Å². The third kappa shape index (κ3) is 5.07. The zero-order valence-electron chi connectivity index (χ0n) is 18.0. The second-order valence-electron chi connectivity index (χ2n) is 7.66. The van der Waals surface area contributed by atoms with Gasteiger partial charge in [0.2, 0.25) is 5.88 Å². The number of methoxy groups -OCH3 is 1. The molecule has 1 fully saturated rings. The second-order valence-corrected chi connectivity index (χ2v) is 8.10. The molecule has 0 radical (unpaired) electrons. The van der Waals surface area contributed by atoms with Crippen molar-refractivity contribution in [2.45, 2.75) is 19.7 Å². The molecule has 1 aliphatic rings. The van der Waals surface area contributed by atoms with E-state index < -0.39 is 0 Å². The Hall–Kier alpha value is -2.59. The Morgan fingerprint density at radius 3 is 2.56 bits per heavy atom. The van der Waals surface area contributed by atoms with Crippen LogP contribution >= 0.6 is 11.6 Å². The molecule has 3 aromatic rings. The first-order valence-electron chi connectivity index (χ1n) is 10.6. The highest BCUT2D eigenvalue weighted by Gasteiger charge is 2.19. The first-order valence-corrected chi connectivity index (χ1v) is 11.0. The Morgan fingerprint density at radius 1 is 1.09 bits per heavy atom. The van der Waals surface area contributed by atoms with Crippen LogP contribution in [-0.2, 0) is 29.2 Å². The third-order valence-corrected chi connectivity index (χ3v) is 5.78. The van der Waals surface area contributed by atoms with Gasteiger partial charge in [-0.15, -0.1) is 0 Å². The summed E-state index contributed by atoms with van der Waals surface area (Å²) in [5, 5.41) is 4.06. The van der Waals surface area contributed by atoms with E-state index in [9.17, 15) is 9.59 Å². The van der Waals surface area contributed by atoms with Crippen molar-refractivity contribution in [1.82, 2.24) is 19.2 Å². The fourth-order valence-electron chi connectivity index (χ4n) is 3.75. The lowest BCUT2D eigenvalue weighted by atomic mass is 10.2. The standard InChI is InChI=1S/C22H27ClN4O5/c1-30-11-10-26-19(28)14-18-20(22(26)32-15-16-2-4-17(23)5-3-16)21(29)27(24-18)7-6-25-8-12-31-13-9-25/h2-5,14,24H,6-13,15H2,1H3.